The first-order valence-electron chi connectivity index (χ1n) is 21.8. The number of aliphatic hydroxyl groups excluding tert-OH is 3. The van der Waals surface area contributed by atoms with Crippen molar-refractivity contribution < 1.29 is 48.7 Å². The van der Waals surface area contributed by atoms with E-state index >= 15 is 0 Å². The topological polar surface area (TPSA) is 193 Å². The van der Waals surface area contributed by atoms with Crippen molar-refractivity contribution in [3.8, 4) is 0 Å². The predicted molar refractivity (Wildman–Crippen MR) is 227 cm³/mol. The summed E-state index contributed by atoms with van der Waals surface area (Å²) >= 11 is 0. The quantitative estimate of drug-likeness (QED) is 0.0358. The lowest BCUT2D eigenvalue weighted by Crippen LogP contribution is -2.60. The summed E-state index contributed by atoms with van der Waals surface area (Å²) in [5.74, 6) is -3.74. The van der Waals surface area contributed by atoms with Crippen LogP contribution in [-0.2, 0) is 35.2 Å². The van der Waals surface area contributed by atoms with Gasteiger partial charge in [0.1, 0.15) is 23.8 Å². The zero-order valence-electron chi connectivity index (χ0n) is 37.1. The number of carbonyl (C=O) groups excluding carboxylic acids is 4. The highest BCUT2D eigenvalue weighted by molar-refractivity contribution is 5.93. The number of aliphatic hydroxyl groups is 3. The third-order valence-electron chi connectivity index (χ3n) is 10.4. The first kappa shape index (κ1) is 52.8. The number of ether oxygens (including phenoxy) is 3. The zero-order chi connectivity index (χ0) is 43.7. The molecule has 1 aromatic carbocycles. The molecule has 8 atom stereocenters. The summed E-state index contributed by atoms with van der Waals surface area (Å²) in [5, 5.41) is 39.6. The maximum Gasteiger partial charge on any atom is 0.408 e. The molecule has 0 radical (unpaired) electrons. The maximum atomic E-state index is 14.1. The molecular formula is C45H79N3O10. The van der Waals surface area contributed by atoms with E-state index in [1.807, 2.05) is 37.3 Å². The number of amides is 3. The Balaban J connectivity index is 3.21. The molecule has 13 heteroatoms. The molecule has 0 aliphatic carbocycles. The molecule has 0 aliphatic heterocycles. The van der Waals surface area contributed by atoms with Crippen LogP contribution in [0.5, 0.6) is 0 Å². The number of nitrogens with one attached hydrogen (secondary N) is 3. The van der Waals surface area contributed by atoms with Gasteiger partial charge in [-0.3, -0.25) is 9.59 Å². The van der Waals surface area contributed by atoms with Crippen LogP contribution in [0.1, 0.15) is 151 Å². The number of carbonyl (C=O) groups is 4. The van der Waals surface area contributed by atoms with Gasteiger partial charge in [0, 0.05) is 18.4 Å². The average Bonchev–Trinajstić information content (AvgIpc) is 3.16. The van der Waals surface area contributed by atoms with Crippen molar-refractivity contribution in [3.63, 3.8) is 0 Å². The zero-order valence-corrected chi connectivity index (χ0v) is 37.1. The molecule has 1 rings (SSSR count). The second-order valence-corrected chi connectivity index (χ2v) is 17.2. The summed E-state index contributed by atoms with van der Waals surface area (Å²) in [6.45, 7) is 15.4. The first-order chi connectivity index (χ1) is 27.4. The van der Waals surface area contributed by atoms with Crippen LogP contribution in [0.2, 0.25) is 0 Å². The molecule has 0 unspecified atom stereocenters. The fraction of sp³-hybridized carbons (Fsp3) is 0.778. The number of unbranched alkanes of at least 4 members (excludes halogenated alkanes) is 10. The Morgan fingerprint density at radius 1 is 0.741 bits per heavy atom. The Labute approximate surface area is 349 Å². The standard InChI is InChI=1S/C45H79N3O10/c1-10-12-13-14-15-16-17-18-19-20-24-27-37(32(5)40(51)35(11-2)28-49)57-43(54)36(30-56-29-34-25-22-21-23-26-34)46-42(53)39(33(6)50)47-41(52)38(31(3)4)48-44(55)58-45(7,8)9/h21-23,25-26,31-33,35-40,49-51H,10-20,24,27-30H2,1-9H3,(H,46,53)(H,47,52)(H,48,55)/t32-,33+,35-,36-,37+,38-,39-,40+/m0/s1. The van der Waals surface area contributed by atoms with E-state index in [4.69, 9.17) is 14.2 Å². The highest BCUT2D eigenvalue weighted by atomic mass is 16.6. The minimum atomic E-state index is -1.51. The van der Waals surface area contributed by atoms with Gasteiger partial charge in [-0.25, -0.2) is 9.59 Å². The fourth-order valence-electron chi connectivity index (χ4n) is 6.71. The number of alkyl carbamates (subject to hydrolysis) is 1. The summed E-state index contributed by atoms with van der Waals surface area (Å²) < 4.78 is 17.3. The average molecular weight is 822 g/mol. The lowest BCUT2D eigenvalue weighted by atomic mass is 9.85. The maximum absolute atomic E-state index is 14.1. The van der Waals surface area contributed by atoms with Crippen molar-refractivity contribution in [3.05, 3.63) is 35.9 Å². The second kappa shape index (κ2) is 29.0. The van der Waals surface area contributed by atoms with Crippen molar-refractivity contribution in [1.82, 2.24) is 16.0 Å². The second-order valence-electron chi connectivity index (χ2n) is 17.2. The van der Waals surface area contributed by atoms with Crippen molar-refractivity contribution in [2.45, 2.75) is 194 Å². The van der Waals surface area contributed by atoms with Crippen LogP contribution in [0.4, 0.5) is 4.79 Å². The van der Waals surface area contributed by atoms with E-state index in [1.54, 1.807) is 41.5 Å². The third kappa shape index (κ3) is 21.7. The van der Waals surface area contributed by atoms with Crippen LogP contribution < -0.4 is 16.0 Å². The summed E-state index contributed by atoms with van der Waals surface area (Å²) in [4.78, 5) is 53.9. The summed E-state index contributed by atoms with van der Waals surface area (Å²) in [5.41, 5.74) is 0.0299. The minimum Gasteiger partial charge on any atom is -0.460 e. The van der Waals surface area contributed by atoms with Gasteiger partial charge in [-0.2, -0.15) is 0 Å². The number of esters is 1. The molecule has 6 N–H and O–H groups in total. The van der Waals surface area contributed by atoms with Crippen LogP contribution in [0.15, 0.2) is 30.3 Å². The molecule has 1 aromatic rings. The van der Waals surface area contributed by atoms with E-state index < -0.39 is 83.7 Å². The largest absolute Gasteiger partial charge is 0.460 e. The molecule has 334 valence electrons. The monoisotopic (exact) mass is 822 g/mol. The van der Waals surface area contributed by atoms with E-state index in [2.05, 4.69) is 22.9 Å². The van der Waals surface area contributed by atoms with Gasteiger partial charge in [0.15, 0.2) is 6.04 Å². The van der Waals surface area contributed by atoms with Gasteiger partial charge in [0.05, 0.1) is 25.4 Å². The molecule has 58 heavy (non-hydrogen) atoms. The highest BCUT2D eigenvalue weighted by Gasteiger charge is 2.37. The molecule has 0 saturated carbocycles. The Morgan fingerprint density at radius 2 is 1.29 bits per heavy atom. The summed E-state index contributed by atoms with van der Waals surface area (Å²) in [6, 6.07) is 5.33. The van der Waals surface area contributed by atoms with Crippen LogP contribution in [0, 0.1) is 17.8 Å². The smallest absolute Gasteiger partial charge is 0.408 e. The summed E-state index contributed by atoms with van der Waals surface area (Å²) in [7, 11) is 0. The van der Waals surface area contributed by atoms with Crippen LogP contribution >= 0.6 is 0 Å². The molecule has 0 aliphatic rings. The number of hydrogen-bond donors (Lipinski definition) is 6. The molecule has 0 spiro atoms. The van der Waals surface area contributed by atoms with Crippen molar-refractivity contribution in [2.24, 2.45) is 17.8 Å². The van der Waals surface area contributed by atoms with E-state index in [0.29, 0.717) is 12.8 Å². The minimum absolute atomic E-state index is 0.134. The van der Waals surface area contributed by atoms with Gasteiger partial charge in [-0.15, -0.1) is 0 Å². The van der Waals surface area contributed by atoms with Gasteiger partial charge in [0.2, 0.25) is 11.8 Å². The Kier molecular flexibility index (Phi) is 26.4. The van der Waals surface area contributed by atoms with Crippen LogP contribution in [0.25, 0.3) is 0 Å². The van der Waals surface area contributed by atoms with E-state index in [0.717, 1.165) is 31.2 Å². The molecule has 0 bridgehead atoms. The highest BCUT2D eigenvalue weighted by Crippen LogP contribution is 2.26. The van der Waals surface area contributed by atoms with Crippen molar-refractivity contribution in [2.75, 3.05) is 13.2 Å². The van der Waals surface area contributed by atoms with E-state index in [9.17, 15) is 34.5 Å². The molecule has 0 aromatic heterocycles. The molecular weight excluding hydrogens is 743 g/mol. The number of rotatable bonds is 30. The Bertz CT molecular complexity index is 1280. The van der Waals surface area contributed by atoms with Gasteiger partial charge in [-0.05, 0) is 58.4 Å². The fourth-order valence-corrected chi connectivity index (χ4v) is 6.71. The molecule has 13 nitrogen and oxygen atoms in total. The number of hydrogen-bond acceptors (Lipinski definition) is 10. The summed E-state index contributed by atoms with van der Waals surface area (Å²) in [6.07, 6.45) is 9.77. The first-order valence-corrected chi connectivity index (χ1v) is 21.8. The van der Waals surface area contributed by atoms with Crippen molar-refractivity contribution >= 4 is 23.9 Å². The van der Waals surface area contributed by atoms with Gasteiger partial charge >= 0.3 is 12.1 Å². The lowest BCUT2D eigenvalue weighted by Gasteiger charge is -2.33. The van der Waals surface area contributed by atoms with Crippen LogP contribution in [0.3, 0.4) is 0 Å². The molecule has 0 saturated heterocycles. The SMILES string of the molecule is CCCCCCCCCCCCC[C@@H](OC(=O)[C@H](COCc1ccccc1)NC(=O)[C@@H](NC(=O)[C@@H](NC(=O)OC(C)(C)C)C(C)C)[C@@H](C)O)[C@H](C)[C@@H](O)[C@@H](CC)CO. The molecule has 0 fully saturated rings. The lowest BCUT2D eigenvalue weighted by molar-refractivity contribution is -0.161. The van der Waals surface area contributed by atoms with Crippen LogP contribution in [-0.4, -0.2) is 94.4 Å². The van der Waals surface area contributed by atoms with Gasteiger partial charge in [-0.1, -0.05) is 129 Å². The Hall–Kier alpha value is -3.26. The molecule has 3 amide bonds. The third-order valence-corrected chi connectivity index (χ3v) is 10.4. The van der Waals surface area contributed by atoms with Gasteiger partial charge in [0.25, 0.3) is 0 Å². The number of benzene rings is 1. The van der Waals surface area contributed by atoms with Crippen molar-refractivity contribution in [1.29, 1.82) is 0 Å². The van der Waals surface area contributed by atoms with Gasteiger partial charge < -0.3 is 45.5 Å². The molecule has 0 heterocycles. The van der Waals surface area contributed by atoms with E-state index in [1.165, 1.54) is 51.9 Å². The Morgan fingerprint density at radius 3 is 1.79 bits per heavy atom. The predicted octanol–water partition coefficient (Wildman–Crippen LogP) is 6.73. The normalized spacial score (nSPS) is 15.9. The van der Waals surface area contributed by atoms with E-state index in [-0.39, 0.29) is 19.8 Å².